The quantitative estimate of drug-likeness (QED) is 0.879. The zero-order valence-electron chi connectivity index (χ0n) is 10.6. The molecule has 0 aliphatic carbocycles. The van der Waals surface area contributed by atoms with Crippen LogP contribution in [0.15, 0.2) is 18.2 Å². The van der Waals surface area contributed by atoms with Gasteiger partial charge in [0.2, 0.25) is 0 Å². The maximum Gasteiger partial charge on any atom is 0.416 e. The average molecular weight is 289 g/mol. The van der Waals surface area contributed by atoms with Gasteiger partial charge < -0.3 is 5.32 Å². The number of aromatic nitrogens is 4. The van der Waals surface area contributed by atoms with Gasteiger partial charge in [-0.3, -0.25) is 0 Å². The van der Waals surface area contributed by atoms with E-state index in [-0.39, 0.29) is 17.6 Å². The van der Waals surface area contributed by atoms with Gasteiger partial charge in [-0.15, -0.1) is 5.10 Å². The minimum atomic E-state index is -4.56. The van der Waals surface area contributed by atoms with Gasteiger partial charge in [-0.05, 0) is 42.6 Å². The summed E-state index contributed by atoms with van der Waals surface area (Å²) >= 11 is 0. The Hall–Kier alpha value is -2.03. The Morgan fingerprint density at radius 3 is 2.60 bits per heavy atom. The zero-order chi connectivity index (χ0) is 14.9. The Bertz CT molecular complexity index is 607. The molecule has 2 rings (SSSR count). The van der Waals surface area contributed by atoms with Gasteiger partial charge in [-0.2, -0.15) is 17.9 Å². The summed E-state index contributed by atoms with van der Waals surface area (Å²) in [7, 11) is 1.63. The summed E-state index contributed by atoms with van der Waals surface area (Å²) in [6.45, 7) is 1.70. The fourth-order valence-electron chi connectivity index (χ4n) is 1.62. The third kappa shape index (κ3) is 2.62. The fourth-order valence-corrected chi connectivity index (χ4v) is 1.62. The van der Waals surface area contributed by atoms with E-state index in [1.807, 2.05) is 0 Å². The highest BCUT2D eigenvalue weighted by atomic mass is 19.4. The highest BCUT2D eigenvalue weighted by molar-refractivity contribution is 5.38. The molecule has 1 N–H and O–H groups in total. The predicted molar refractivity (Wildman–Crippen MR) is 61.6 cm³/mol. The van der Waals surface area contributed by atoms with Crippen LogP contribution in [0, 0.1) is 5.82 Å². The van der Waals surface area contributed by atoms with Crippen LogP contribution in [0.2, 0.25) is 0 Å². The topological polar surface area (TPSA) is 55.6 Å². The van der Waals surface area contributed by atoms with E-state index >= 15 is 0 Å². The molecule has 1 unspecified atom stereocenters. The Morgan fingerprint density at radius 2 is 2.00 bits per heavy atom. The van der Waals surface area contributed by atoms with E-state index in [1.165, 1.54) is 0 Å². The molecule has 1 aromatic carbocycles. The number of nitrogens with one attached hydrogen (secondary N) is 1. The van der Waals surface area contributed by atoms with Crippen LogP contribution in [0.1, 0.15) is 24.4 Å². The van der Waals surface area contributed by atoms with Crippen molar-refractivity contribution in [2.24, 2.45) is 0 Å². The second-order valence-corrected chi connectivity index (χ2v) is 4.12. The van der Waals surface area contributed by atoms with Gasteiger partial charge in [0.05, 0.1) is 11.6 Å². The summed E-state index contributed by atoms with van der Waals surface area (Å²) in [5.74, 6) is -0.624. The van der Waals surface area contributed by atoms with E-state index < -0.39 is 17.6 Å². The summed E-state index contributed by atoms with van der Waals surface area (Å²) in [4.78, 5) is 0. The summed E-state index contributed by atoms with van der Waals surface area (Å²) in [5.41, 5.74) is -1.31. The van der Waals surface area contributed by atoms with Crippen molar-refractivity contribution >= 4 is 0 Å². The number of hydrogen-bond donors (Lipinski definition) is 1. The SMILES string of the molecule is CNC(C)c1nnnn1-c1cc(C(F)(F)F)ccc1F. The lowest BCUT2D eigenvalue weighted by atomic mass is 10.2. The molecule has 108 valence electrons. The van der Waals surface area contributed by atoms with Crippen LogP contribution in [0.5, 0.6) is 0 Å². The van der Waals surface area contributed by atoms with Crippen molar-refractivity contribution in [2.75, 3.05) is 7.05 Å². The number of rotatable bonds is 3. The largest absolute Gasteiger partial charge is 0.416 e. The molecular weight excluding hydrogens is 278 g/mol. The molecule has 0 aliphatic rings. The molecule has 9 heteroatoms. The number of benzene rings is 1. The van der Waals surface area contributed by atoms with Crippen molar-refractivity contribution in [1.82, 2.24) is 25.5 Å². The normalized spacial score (nSPS) is 13.5. The minimum Gasteiger partial charge on any atom is -0.311 e. The van der Waals surface area contributed by atoms with Gasteiger partial charge in [0.25, 0.3) is 0 Å². The molecule has 0 aliphatic heterocycles. The minimum absolute atomic E-state index is 0.214. The van der Waals surface area contributed by atoms with Gasteiger partial charge >= 0.3 is 6.18 Å². The Labute approximate surface area is 111 Å². The molecule has 0 saturated heterocycles. The molecule has 0 spiro atoms. The van der Waals surface area contributed by atoms with Crippen LogP contribution in [-0.4, -0.2) is 27.3 Å². The van der Waals surface area contributed by atoms with Crippen molar-refractivity contribution in [2.45, 2.75) is 19.1 Å². The van der Waals surface area contributed by atoms with Crippen LogP contribution in [0.3, 0.4) is 0 Å². The Morgan fingerprint density at radius 1 is 1.30 bits per heavy atom. The summed E-state index contributed by atoms with van der Waals surface area (Å²) in [6, 6.07) is 1.74. The van der Waals surface area contributed by atoms with Crippen LogP contribution in [0.25, 0.3) is 5.69 Å². The molecule has 1 aromatic heterocycles. The lowest BCUT2D eigenvalue weighted by Gasteiger charge is -2.13. The molecule has 2 aromatic rings. The van der Waals surface area contributed by atoms with E-state index in [4.69, 9.17) is 0 Å². The summed E-state index contributed by atoms with van der Waals surface area (Å²) in [5, 5.41) is 13.4. The zero-order valence-corrected chi connectivity index (χ0v) is 10.6. The highest BCUT2D eigenvalue weighted by Gasteiger charge is 2.32. The first kappa shape index (κ1) is 14.4. The maximum atomic E-state index is 13.8. The van der Waals surface area contributed by atoms with Crippen LogP contribution < -0.4 is 5.32 Å². The average Bonchev–Trinajstić information content (AvgIpc) is 2.86. The molecule has 0 saturated carbocycles. The number of nitrogens with zero attached hydrogens (tertiary/aromatic N) is 4. The Balaban J connectivity index is 2.55. The lowest BCUT2D eigenvalue weighted by molar-refractivity contribution is -0.137. The predicted octanol–water partition coefficient (Wildman–Crippen LogP) is 2.10. The first-order valence-corrected chi connectivity index (χ1v) is 5.67. The van der Waals surface area contributed by atoms with Gasteiger partial charge in [0.1, 0.15) is 11.5 Å². The molecule has 1 heterocycles. The molecular formula is C11H11F4N5. The standard InChI is InChI=1S/C11H11F4N5/c1-6(16-2)10-17-18-19-20(10)9-5-7(11(13,14)15)3-4-8(9)12/h3-6,16H,1-2H3. The summed E-state index contributed by atoms with van der Waals surface area (Å²) in [6.07, 6.45) is -4.56. The third-order valence-corrected chi connectivity index (χ3v) is 2.82. The molecule has 0 fully saturated rings. The van der Waals surface area contributed by atoms with E-state index in [0.717, 1.165) is 10.7 Å². The Kier molecular flexibility index (Phi) is 3.71. The van der Waals surface area contributed by atoms with Crippen molar-refractivity contribution in [3.63, 3.8) is 0 Å². The molecule has 1 atom stereocenters. The van der Waals surface area contributed by atoms with Crippen LogP contribution in [0.4, 0.5) is 17.6 Å². The molecule has 0 radical (unpaired) electrons. The highest BCUT2D eigenvalue weighted by Crippen LogP contribution is 2.31. The number of halogens is 4. The van der Waals surface area contributed by atoms with E-state index in [1.54, 1.807) is 14.0 Å². The second-order valence-electron chi connectivity index (χ2n) is 4.12. The van der Waals surface area contributed by atoms with Gasteiger partial charge in [-0.25, -0.2) is 4.39 Å². The maximum absolute atomic E-state index is 13.8. The molecule has 0 amide bonds. The van der Waals surface area contributed by atoms with Crippen LogP contribution in [-0.2, 0) is 6.18 Å². The van der Waals surface area contributed by atoms with Gasteiger partial charge in [0.15, 0.2) is 5.82 Å². The monoisotopic (exact) mass is 289 g/mol. The third-order valence-electron chi connectivity index (χ3n) is 2.82. The molecule has 5 nitrogen and oxygen atoms in total. The van der Waals surface area contributed by atoms with Crippen LogP contribution >= 0.6 is 0 Å². The van der Waals surface area contributed by atoms with Gasteiger partial charge in [0, 0.05) is 0 Å². The second kappa shape index (κ2) is 5.16. The molecule has 0 bridgehead atoms. The van der Waals surface area contributed by atoms with Crippen molar-refractivity contribution < 1.29 is 17.6 Å². The first-order valence-electron chi connectivity index (χ1n) is 5.67. The van der Waals surface area contributed by atoms with Crippen molar-refractivity contribution in [1.29, 1.82) is 0 Å². The van der Waals surface area contributed by atoms with E-state index in [0.29, 0.717) is 12.1 Å². The van der Waals surface area contributed by atoms with Gasteiger partial charge in [-0.1, -0.05) is 0 Å². The fraction of sp³-hybridized carbons (Fsp3) is 0.364. The van der Waals surface area contributed by atoms with E-state index in [2.05, 4.69) is 20.8 Å². The summed E-state index contributed by atoms with van der Waals surface area (Å²) < 4.78 is 52.7. The number of tetrazole rings is 1. The van der Waals surface area contributed by atoms with Crippen molar-refractivity contribution in [3.8, 4) is 5.69 Å². The lowest BCUT2D eigenvalue weighted by Crippen LogP contribution is -2.18. The first-order chi connectivity index (χ1) is 9.34. The molecule has 20 heavy (non-hydrogen) atoms. The smallest absolute Gasteiger partial charge is 0.311 e. The number of alkyl halides is 3. The van der Waals surface area contributed by atoms with Crippen molar-refractivity contribution in [3.05, 3.63) is 35.4 Å². The number of hydrogen-bond acceptors (Lipinski definition) is 4. The van der Waals surface area contributed by atoms with E-state index in [9.17, 15) is 17.6 Å².